The minimum atomic E-state index is 0.545. The first-order chi connectivity index (χ1) is 11.5. The van der Waals surface area contributed by atoms with Crippen LogP contribution in [0.4, 0.5) is 5.69 Å². The molecule has 2 aromatic carbocycles. The number of nitrogens with one attached hydrogen (secondary N) is 1. The van der Waals surface area contributed by atoms with Crippen molar-refractivity contribution in [3.63, 3.8) is 0 Å². The van der Waals surface area contributed by atoms with E-state index in [0.29, 0.717) is 5.92 Å². The lowest BCUT2D eigenvalue weighted by Crippen LogP contribution is -2.34. The van der Waals surface area contributed by atoms with Crippen LogP contribution in [0.1, 0.15) is 49.8 Å². The van der Waals surface area contributed by atoms with Crippen molar-refractivity contribution in [1.82, 2.24) is 4.90 Å². The molecule has 0 aromatic heterocycles. The Labute approximate surface area is 151 Å². The van der Waals surface area contributed by atoms with E-state index in [0.717, 1.165) is 30.3 Å². The molecule has 0 amide bonds. The van der Waals surface area contributed by atoms with Gasteiger partial charge in [-0.1, -0.05) is 62.7 Å². The maximum absolute atomic E-state index is 5.65. The highest BCUT2D eigenvalue weighted by Gasteiger charge is 2.10. The smallest absolute Gasteiger partial charge is 0.173 e. The zero-order chi connectivity index (χ0) is 17.5. The molecule has 0 unspecified atom stereocenters. The standard InChI is InChI=1S/C21H28N2S/c1-5-14-23(15-18-8-6-17(4)7-9-18)21(24)22-20-12-10-19(11-13-20)16(2)3/h6-13,16H,5,14-15H2,1-4H3,(H,22,24). The molecule has 0 fully saturated rings. The van der Waals surface area contributed by atoms with Gasteiger partial charge >= 0.3 is 0 Å². The zero-order valence-corrected chi connectivity index (χ0v) is 16.0. The van der Waals surface area contributed by atoms with Crippen LogP contribution in [0, 0.1) is 6.92 Å². The number of hydrogen-bond donors (Lipinski definition) is 1. The van der Waals surface area contributed by atoms with Gasteiger partial charge in [0.1, 0.15) is 0 Å². The molecule has 0 spiro atoms. The summed E-state index contributed by atoms with van der Waals surface area (Å²) in [6.45, 7) is 10.5. The maximum atomic E-state index is 5.65. The summed E-state index contributed by atoms with van der Waals surface area (Å²) in [6, 6.07) is 17.2. The van der Waals surface area contributed by atoms with E-state index < -0.39 is 0 Å². The molecule has 0 heterocycles. The highest BCUT2D eigenvalue weighted by molar-refractivity contribution is 7.80. The molecule has 0 atom stereocenters. The fourth-order valence-corrected chi connectivity index (χ4v) is 2.86. The molecule has 24 heavy (non-hydrogen) atoms. The van der Waals surface area contributed by atoms with Gasteiger partial charge < -0.3 is 10.2 Å². The molecule has 1 N–H and O–H groups in total. The lowest BCUT2D eigenvalue weighted by molar-refractivity contribution is 0.418. The number of hydrogen-bond acceptors (Lipinski definition) is 1. The Kier molecular flexibility index (Phi) is 6.80. The van der Waals surface area contributed by atoms with E-state index in [1.807, 2.05) is 0 Å². The van der Waals surface area contributed by atoms with Crippen molar-refractivity contribution >= 4 is 23.0 Å². The summed E-state index contributed by atoms with van der Waals surface area (Å²) < 4.78 is 0. The Morgan fingerprint density at radius 3 is 2.21 bits per heavy atom. The van der Waals surface area contributed by atoms with E-state index in [1.54, 1.807) is 0 Å². The van der Waals surface area contributed by atoms with Gasteiger partial charge in [-0.3, -0.25) is 0 Å². The molecular formula is C21H28N2S. The van der Waals surface area contributed by atoms with Crippen LogP contribution in [0.5, 0.6) is 0 Å². The Morgan fingerprint density at radius 1 is 1.04 bits per heavy atom. The van der Waals surface area contributed by atoms with Gasteiger partial charge in [0.25, 0.3) is 0 Å². The van der Waals surface area contributed by atoms with Crippen LogP contribution in [0.3, 0.4) is 0 Å². The van der Waals surface area contributed by atoms with E-state index in [4.69, 9.17) is 12.2 Å². The second-order valence-corrected chi connectivity index (χ2v) is 7.00. The van der Waals surface area contributed by atoms with E-state index in [9.17, 15) is 0 Å². The van der Waals surface area contributed by atoms with Gasteiger partial charge in [0.05, 0.1) is 0 Å². The summed E-state index contributed by atoms with van der Waals surface area (Å²) in [4.78, 5) is 2.23. The number of benzene rings is 2. The Bertz CT molecular complexity index is 645. The van der Waals surface area contributed by atoms with Crippen LogP contribution >= 0.6 is 12.2 Å². The molecular weight excluding hydrogens is 312 g/mol. The molecule has 0 radical (unpaired) electrons. The third kappa shape index (κ3) is 5.34. The molecule has 2 rings (SSSR count). The number of thiocarbonyl (C=S) groups is 1. The largest absolute Gasteiger partial charge is 0.345 e. The topological polar surface area (TPSA) is 15.3 Å². The first-order valence-corrected chi connectivity index (χ1v) is 9.12. The van der Waals surface area contributed by atoms with Crippen molar-refractivity contribution in [2.75, 3.05) is 11.9 Å². The zero-order valence-electron chi connectivity index (χ0n) is 15.2. The Morgan fingerprint density at radius 2 is 1.67 bits per heavy atom. The van der Waals surface area contributed by atoms with E-state index in [-0.39, 0.29) is 0 Å². The van der Waals surface area contributed by atoms with Crippen molar-refractivity contribution in [3.05, 3.63) is 65.2 Å². The van der Waals surface area contributed by atoms with Crippen LogP contribution in [-0.4, -0.2) is 16.6 Å². The van der Waals surface area contributed by atoms with E-state index in [2.05, 4.69) is 86.4 Å². The van der Waals surface area contributed by atoms with Crippen molar-refractivity contribution in [1.29, 1.82) is 0 Å². The van der Waals surface area contributed by atoms with Gasteiger partial charge in [-0.05, 0) is 54.7 Å². The van der Waals surface area contributed by atoms with Crippen LogP contribution < -0.4 is 5.32 Å². The third-order valence-corrected chi connectivity index (χ3v) is 4.46. The first-order valence-electron chi connectivity index (χ1n) is 8.71. The van der Waals surface area contributed by atoms with Crippen molar-refractivity contribution in [2.24, 2.45) is 0 Å². The normalized spacial score (nSPS) is 10.7. The Balaban J connectivity index is 2.03. The minimum absolute atomic E-state index is 0.545. The summed E-state index contributed by atoms with van der Waals surface area (Å²) in [6.07, 6.45) is 1.07. The van der Waals surface area contributed by atoms with Gasteiger partial charge in [0, 0.05) is 18.8 Å². The van der Waals surface area contributed by atoms with E-state index in [1.165, 1.54) is 16.7 Å². The molecule has 0 aliphatic rings. The fraction of sp³-hybridized carbons (Fsp3) is 0.381. The molecule has 0 aliphatic heterocycles. The summed E-state index contributed by atoms with van der Waals surface area (Å²) in [5.41, 5.74) is 4.96. The highest BCUT2D eigenvalue weighted by Crippen LogP contribution is 2.18. The monoisotopic (exact) mass is 340 g/mol. The number of rotatable bonds is 6. The maximum Gasteiger partial charge on any atom is 0.173 e. The lowest BCUT2D eigenvalue weighted by Gasteiger charge is -2.26. The molecule has 128 valence electrons. The number of nitrogens with zero attached hydrogens (tertiary/aromatic N) is 1. The van der Waals surface area contributed by atoms with Gasteiger partial charge in [0.15, 0.2) is 5.11 Å². The van der Waals surface area contributed by atoms with Crippen LogP contribution in [0.25, 0.3) is 0 Å². The van der Waals surface area contributed by atoms with Crippen LogP contribution in [0.2, 0.25) is 0 Å². The quantitative estimate of drug-likeness (QED) is 0.676. The molecule has 2 aromatic rings. The summed E-state index contributed by atoms with van der Waals surface area (Å²) in [5.74, 6) is 0.545. The molecule has 0 aliphatic carbocycles. The summed E-state index contributed by atoms with van der Waals surface area (Å²) in [7, 11) is 0. The predicted molar refractivity (Wildman–Crippen MR) is 109 cm³/mol. The summed E-state index contributed by atoms with van der Waals surface area (Å²) in [5, 5.41) is 4.17. The predicted octanol–water partition coefficient (Wildman–Crippen LogP) is 5.73. The Hall–Kier alpha value is -1.87. The van der Waals surface area contributed by atoms with Gasteiger partial charge in [-0.15, -0.1) is 0 Å². The van der Waals surface area contributed by atoms with Gasteiger partial charge in [-0.25, -0.2) is 0 Å². The highest BCUT2D eigenvalue weighted by atomic mass is 32.1. The SMILES string of the molecule is CCCN(Cc1ccc(C)cc1)C(=S)Nc1ccc(C(C)C)cc1. The lowest BCUT2D eigenvalue weighted by atomic mass is 10.0. The first kappa shape index (κ1) is 18.5. The van der Waals surface area contributed by atoms with Crippen molar-refractivity contribution < 1.29 is 0 Å². The number of aryl methyl sites for hydroxylation is 1. The minimum Gasteiger partial charge on any atom is -0.345 e. The van der Waals surface area contributed by atoms with Crippen LogP contribution in [-0.2, 0) is 6.54 Å². The third-order valence-electron chi connectivity index (χ3n) is 4.10. The second kappa shape index (κ2) is 8.84. The van der Waals surface area contributed by atoms with Crippen molar-refractivity contribution in [2.45, 2.75) is 46.6 Å². The van der Waals surface area contributed by atoms with Crippen molar-refractivity contribution in [3.8, 4) is 0 Å². The molecule has 0 saturated heterocycles. The number of anilines is 1. The average molecular weight is 341 g/mol. The van der Waals surface area contributed by atoms with Crippen LogP contribution in [0.15, 0.2) is 48.5 Å². The summed E-state index contributed by atoms with van der Waals surface area (Å²) >= 11 is 5.65. The molecule has 2 nitrogen and oxygen atoms in total. The molecule has 0 bridgehead atoms. The second-order valence-electron chi connectivity index (χ2n) is 6.61. The average Bonchev–Trinajstić information content (AvgIpc) is 2.57. The van der Waals surface area contributed by atoms with Gasteiger partial charge in [-0.2, -0.15) is 0 Å². The van der Waals surface area contributed by atoms with E-state index >= 15 is 0 Å². The van der Waals surface area contributed by atoms with Gasteiger partial charge in [0.2, 0.25) is 0 Å². The fourth-order valence-electron chi connectivity index (χ4n) is 2.59. The molecule has 3 heteroatoms. The molecule has 0 saturated carbocycles.